The molecule has 1 aliphatic carbocycles. The van der Waals surface area contributed by atoms with E-state index < -0.39 is 16.9 Å². The van der Waals surface area contributed by atoms with Crippen molar-refractivity contribution in [1.29, 1.82) is 0 Å². The van der Waals surface area contributed by atoms with Gasteiger partial charge in [-0.2, -0.15) is 0 Å². The fraction of sp³-hybridized carbons (Fsp3) is 0.812. The maximum Gasteiger partial charge on any atom is 0.329 e. The van der Waals surface area contributed by atoms with Crippen LogP contribution in [-0.4, -0.2) is 35.0 Å². The molecule has 0 spiro atoms. The Morgan fingerprint density at radius 3 is 2.05 bits per heavy atom. The van der Waals surface area contributed by atoms with Gasteiger partial charge in [0, 0.05) is 18.4 Å². The van der Waals surface area contributed by atoms with E-state index in [4.69, 9.17) is 0 Å². The van der Waals surface area contributed by atoms with E-state index in [-0.39, 0.29) is 24.8 Å². The van der Waals surface area contributed by atoms with Gasteiger partial charge in [0.25, 0.3) is 0 Å². The molecule has 2 amide bonds. The molecule has 6 nitrogen and oxygen atoms in total. The molecule has 0 aromatic rings. The predicted molar refractivity (Wildman–Crippen MR) is 83.3 cm³/mol. The van der Waals surface area contributed by atoms with Crippen molar-refractivity contribution in [3.05, 3.63) is 0 Å². The quantitative estimate of drug-likeness (QED) is 0.675. The van der Waals surface area contributed by atoms with Crippen molar-refractivity contribution in [3.8, 4) is 0 Å². The van der Waals surface area contributed by atoms with Crippen LogP contribution < -0.4 is 10.6 Å². The normalized spacial score (nSPS) is 18.1. The van der Waals surface area contributed by atoms with Gasteiger partial charge in [0.15, 0.2) is 0 Å². The molecule has 1 rings (SSSR count). The Bertz CT molecular complexity index is 418. The lowest BCUT2D eigenvalue weighted by atomic mass is 9.90. The smallest absolute Gasteiger partial charge is 0.329 e. The molecule has 1 saturated carbocycles. The molecule has 0 bridgehead atoms. The highest BCUT2D eigenvalue weighted by atomic mass is 16.4. The van der Waals surface area contributed by atoms with Gasteiger partial charge in [0.2, 0.25) is 11.8 Å². The molecule has 0 heterocycles. The largest absolute Gasteiger partial charge is 0.480 e. The number of hydrogen-bond acceptors (Lipinski definition) is 3. The van der Waals surface area contributed by atoms with Crippen LogP contribution in [0.5, 0.6) is 0 Å². The van der Waals surface area contributed by atoms with Crippen LogP contribution in [0.2, 0.25) is 0 Å². The number of carbonyl (C=O) groups is 3. The van der Waals surface area contributed by atoms with E-state index in [2.05, 4.69) is 10.6 Å². The molecule has 22 heavy (non-hydrogen) atoms. The summed E-state index contributed by atoms with van der Waals surface area (Å²) in [5.74, 6) is -1.40. The van der Waals surface area contributed by atoms with E-state index >= 15 is 0 Å². The van der Waals surface area contributed by atoms with Crippen molar-refractivity contribution >= 4 is 17.8 Å². The van der Waals surface area contributed by atoms with Crippen LogP contribution >= 0.6 is 0 Å². The summed E-state index contributed by atoms with van der Waals surface area (Å²) in [7, 11) is 0. The van der Waals surface area contributed by atoms with Crippen molar-refractivity contribution in [3.63, 3.8) is 0 Å². The summed E-state index contributed by atoms with van der Waals surface area (Å²) in [6, 6.07) is 0. The molecular weight excluding hydrogens is 284 g/mol. The summed E-state index contributed by atoms with van der Waals surface area (Å²) in [4.78, 5) is 35.3. The highest BCUT2D eigenvalue weighted by Gasteiger charge is 2.39. The molecule has 0 unspecified atom stereocenters. The van der Waals surface area contributed by atoms with Gasteiger partial charge >= 0.3 is 5.97 Å². The van der Waals surface area contributed by atoms with Crippen LogP contribution in [0.3, 0.4) is 0 Å². The summed E-state index contributed by atoms with van der Waals surface area (Å²) >= 11 is 0. The predicted octanol–water partition coefficient (Wildman–Crippen LogP) is 1.83. The maximum absolute atomic E-state index is 12.0. The van der Waals surface area contributed by atoms with Gasteiger partial charge in [0.1, 0.15) is 5.54 Å². The fourth-order valence-electron chi connectivity index (χ4n) is 2.61. The van der Waals surface area contributed by atoms with E-state index in [1.54, 1.807) is 20.8 Å². The number of hydrogen-bond donors (Lipinski definition) is 3. The Hall–Kier alpha value is -1.59. The van der Waals surface area contributed by atoms with Gasteiger partial charge in [-0.3, -0.25) is 9.59 Å². The van der Waals surface area contributed by atoms with Crippen LogP contribution in [0.4, 0.5) is 0 Å². The number of amides is 2. The van der Waals surface area contributed by atoms with Crippen molar-refractivity contribution in [2.24, 2.45) is 5.41 Å². The van der Waals surface area contributed by atoms with Gasteiger partial charge in [-0.15, -0.1) is 0 Å². The first-order valence-electron chi connectivity index (χ1n) is 8.00. The van der Waals surface area contributed by atoms with Crippen LogP contribution in [0.15, 0.2) is 0 Å². The fourth-order valence-corrected chi connectivity index (χ4v) is 2.61. The van der Waals surface area contributed by atoms with Gasteiger partial charge < -0.3 is 15.7 Å². The number of rotatable bonds is 5. The lowest BCUT2D eigenvalue weighted by Gasteiger charge is -2.29. The zero-order chi connectivity index (χ0) is 16.8. The second-order valence-electron chi connectivity index (χ2n) is 7.11. The number of nitrogens with one attached hydrogen (secondary N) is 2. The molecule has 0 aromatic heterocycles. The molecule has 126 valence electrons. The van der Waals surface area contributed by atoms with E-state index in [0.717, 1.165) is 25.7 Å². The highest BCUT2D eigenvalue weighted by molar-refractivity contribution is 5.87. The topological polar surface area (TPSA) is 95.5 Å². The van der Waals surface area contributed by atoms with Gasteiger partial charge in [0.05, 0.1) is 0 Å². The third-order valence-electron chi connectivity index (χ3n) is 4.06. The average molecular weight is 312 g/mol. The van der Waals surface area contributed by atoms with Crippen molar-refractivity contribution < 1.29 is 19.5 Å². The zero-order valence-corrected chi connectivity index (χ0v) is 13.8. The summed E-state index contributed by atoms with van der Waals surface area (Å²) in [5.41, 5.74) is -1.64. The van der Waals surface area contributed by atoms with E-state index in [1.165, 1.54) is 0 Å². The summed E-state index contributed by atoms with van der Waals surface area (Å²) in [5, 5.41) is 14.9. The molecule has 0 saturated heterocycles. The molecule has 0 aromatic carbocycles. The lowest BCUT2D eigenvalue weighted by Crippen LogP contribution is -2.54. The summed E-state index contributed by atoms with van der Waals surface area (Å²) in [6.45, 7) is 5.62. The van der Waals surface area contributed by atoms with Crippen LogP contribution in [0.25, 0.3) is 0 Å². The Balaban J connectivity index is 2.51. The molecule has 1 fully saturated rings. The zero-order valence-electron chi connectivity index (χ0n) is 13.8. The molecule has 6 heteroatoms. The Labute approximate surface area is 132 Å². The van der Waals surface area contributed by atoms with Crippen LogP contribution in [0.1, 0.15) is 65.7 Å². The van der Waals surface area contributed by atoms with Crippen LogP contribution in [-0.2, 0) is 14.4 Å². The number of carbonyl (C=O) groups excluding carboxylic acids is 2. The monoisotopic (exact) mass is 312 g/mol. The Morgan fingerprint density at radius 2 is 1.59 bits per heavy atom. The van der Waals surface area contributed by atoms with Crippen LogP contribution in [0, 0.1) is 5.41 Å². The first-order chi connectivity index (χ1) is 10.2. The molecular formula is C16H28N2O4. The average Bonchev–Trinajstić information content (AvgIpc) is 2.64. The van der Waals surface area contributed by atoms with E-state index in [9.17, 15) is 19.5 Å². The third-order valence-corrected chi connectivity index (χ3v) is 4.06. The molecule has 3 N–H and O–H groups in total. The molecule has 0 aliphatic heterocycles. The Morgan fingerprint density at radius 1 is 1.05 bits per heavy atom. The van der Waals surface area contributed by atoms with Crippen molar-refractivity contribution in [1.82, 2.24) is 10.6 Å². The minimum atomic E-state index is -1.14. The molecule has 0 radical (unpaired) electrons. The molecule has 1 aliphatic rings. The Kier molecular flexibility index (Phi) is 6.38. The summed E-state index contributed by atoms with van der Waals surface area (Å²) in [6.07, 6.45) is 4.68. The third kappa shape index (κ3) is 5.31. The number of carboxylic acids is 1. The maximum atomic E-state index is 12.0. The second-order valence-corrected chi connectivity index (χ2v) is 7.11. The second kappa shape index (κ2) is 7.61. The minimum absolute atomic E-state index is 0.0941. The first-order valence-corrected chi connectivity index (χ1v) is 8.00. The SMILES string of the molecule is CC(C)(C)C(=O)NCCC(=O)NC1(C(=O)O)CCCCCC1. The van der Waals surface area contributed by atoms with Gasteiger partial charge in [-0.05, 0) is 12.8 Å². The van der Waals surface area contributed by atoms with Gasteiger partial charge in [-0.1, -0.05) is 46.5 Å². The minimum Gasteiger partial charge on any atom is -0.480 e. The van der Waals surface area contributed by atoms with E-state index in [0.29, 0.717) is 12.8 Å². The van der Waals surface area contributed by atoms with E-state index in [1.807, 2.05) is 0 Å². The highest BCUT2D eigenvalue weighted by Crippen LogP contribution is 2.27. The van der Waals surface area contributed by atoms with Gasteiger partial charge in [-0.25, -0.2) is 4.79 Å². The standard InChI is InChI=1S/C16H28N2O4/c1-15(2,3)13(20)17-11-8-12(19)18-16(14(21)22)9-6-4-5-7-10-16/h4-11H2,1-3H3,(H,17,20)(H,18,19)(H,21,22). The lowest BCUT2D eigenvalue weighted by molar-refractivity contribution is -0.148. The van der Waals surface area contributed by atoms with Crippen molar-refractivity contribution in [2.75, 3.05) is 6.54 Å². The summed E-state index contributed by atoms with van der Waals surface area (Å²) < 4.78 is 0. The van der Waals surface area contributed by atoms with Crippen molar-refractivity contribution in [2.45, 2.75) is 71.3 Å². The molecule has 0 atom stereocenters. The number of aliphatic carboxylic acids is 1. The first kappa shape index (κ1) is 18.5. The number of carboxylic acid groups (broad SMARTS) is 1.